The lowest BCUT2D eigenvalue weighted by Crippen LogP contribution is -2.38. The van der Waals surface area contributed by atoms with Crippen LogP contribution in [0.15, 0.2) is 89.7 Å². The maximum atomic E-state index is 13.7. The van der Waals surface area contributed by atoms with E-state index in [4.69, 9.17) is 0 Å². The monoisotopic (exact) mass is 423 g/mol. The third-order valence-corrected chi connectivity index (χ3v) is 6.20. The van der Waals surface area contributed by atoms with Gasteiger partial charge in [-0.3, -0.25) is 9.59 Å². The van der Waals surface area contributed by atoms with Crippen molar-refractivity contribution in [1.82, 2.24) is 14.7 Å². The van der Waals surface area contributed by atoms with Gasteiger partial charge in [0.2, 0.25) is 0 Å². The van der Waals surface area contributed by atoms with E-state index in [1.165, 1.54) is 10.2 Å². The number of fused-ring (bicyclic) bond motifs is 1. The lowest BCUT2D eigenvalue weighted by Gasteiger charge is -2.25. The van der Waals surface area contributed by atoms with Crippen molar-refractivity contribution in [2.75, 3.05) is 6.54 Å². The van der Waals surface area contributed by atoms with Crippen LogP contribution in [0.1, 0.15) is 34.5 Å². The molecule has 0 aliphatic carbocycles. The van der Waals surface area contributed by atoms with Gasteiger partial charge in [0, 0.05) is 18.0 Å². The largest absolute Gasteiger partial charge is 0.334 e. The van der Waals surface area contributed by atoms with Crippen molar-refractivity contribution in [3.63, 3.8) is 0 Å². The Morgan fingerprint density at radius 2 is 1.47 bits per heavy atom. The van der Waals surface area contributed by atoms with Crippen molar-refractivity contribution in [3.05, 3.63) is 112 Å². The lowest BCUT2D eigenvalue weighted by atomic mass is 10.0. The molecule has 1 unspecified atom stereocenters. The molecule has 1 aliphatic rings. The first-order valence-electron chi connectivity index (χ1n) is 11.1. The topological polar surface area (TPSA) is 55.2 Å². The van der Waals surface area contributed by atoms with E-state index in [9.17, 15) is 9.59 Å². The van der Waals surface area contributed by atoms with Gasteiger partial charge in [-0.15, -0.1) is 0 Å². The van der Waals surface area contributed by atoms with Gasteiger partial charge in [0.05, 0.1) is 11.9 Å². The highest BCUT2D eigenvalue weighted by Crippen LogP contribution is 2.25. The molecular formula is C27H25N3O2. The molecule has 1 atom stereocenters. The zero-order valence-corrected chi connectivity index (χ0v) is 17.9. The van der Waals surface area contributed by atoms with Gasteiger partial charge in [-0.1, -0.05) is 78.9 Å². The number of hydrogen-bond acceptors (Lipinski definition) is 3. The molecule has 0 spiro atoms. The minimum absolute atomic E-state index is 0.0959. The van der Waals surface area contributed by atoms with E-state index in [0.29, 0.717) is 29.6 Å². The summed E-state index contributed by atoms with van der Waals surface area (Å²) in [7, 11) is 0. The number of benzene rings is 3. The van der Waals surface area contributed by atoms with E-state index >= 15 is 0 Å². The quantitative estimate of drug-likeness (QED) is 0.481. The molecule has 3 aromatic carbocycles. The fraction of sp³-hybridized carbons (Fsp3) is 0.222. The Balaban J connectivity index is 1.53. The van der Waals surface area contributed by atoms with Crippen LogP contribution in [0, 0.1) is 0 Å². The number of aromatic nitrogens is 2. The molecule has 5 rings (SSSR count). The summed E-state index contributed by atoms with van der Waals surface area (Å²) in [6.45, 7) is 1.04. The number of amides is 1. The van der Waals surface area contributed by atoms with Gasteiger partial charge in [-0.2, -0.15) is 5.10 Å². The molecule has 0 radical (unpaired) electrons. The predicted molar refractivity (Wildman–Crippen MR) is 126 cm³/mol. The number of carbonyl (C=O) groups is 1. The van der Waals surface area contributed by atoms with Gasteiger partial charge in [-0.25, -0.2) is 4.68 Å². The summed E-state index contributed by atoms with van der Waals surface area (Å²) < 4.78 is 1.42. The third kappa shape index (κ3) is 3.94. The van der Waals surface area contributed by atoms with Gasteiger partial charge in [0.25, 0.3) is 11.5 Å². The second kappa shape index (κ2) is 8.79. The number of rotatable bonds is 5. The van der Waals surface area contributed by atoms with Gasteiger partial charge in [0.15, 0.2) is 5.69 Å². The average Bonchev–Trinajstić information content (AvgIpc) is 3.30. The van der Waals surface area contributed by atoms with Gasteiger partial charge >= 0.3 is 0 Å². The highest BCUT2D eigenvalue weighted by molar-refractivity contribution is 6.05. The van der Waals surface area contributed by atoms with E-state index in [0.717, 1.165) is 24.8 Å². The van der Waals surface area contributed by atoms with E-state index in [2.05, 4.69) is 17.2 Å². The summed E-state index contributed by atoms with van der Waals surface area (Å²) in [5.74, 6) is -0.0959. The zero-order chi connectivity index (χ0) is 21.9. The third-order valence-electron chi connectivity index (χ3n) is 6.20. The predicted octanol–water partition coefficient (Wildman–Crippen LogP) is 4.29. The molecule has 2 heterocycles. The van der Waals surface area contributed by atoms with Crippen LogP contribution in [0.25, 0.3) is 10.8 Å². The zero-order valence-electron chi connectivity index (χ0n) is 17.9. The second-order valence-corrected chi connectivity index (χ2v) is 8.33. The van der Waals surface area contributed by atoms with Crippen LogP contribution < -0.4 is 5.56 Å². The van der Waals surface area contributed by atoms with E-state index in [-0.39, 0.29) is 17.5 Å². The summed E-state index contributed by atoms with van der Waals surface area (Å²) in [4.78, 5) is 28.8. The van der Waals surface area contributed by atoms with Crippen LogP contribution >= 0.6 is 0 Å². The molecule has 5 nitrogen and oxygen atoms in total. The van der Waals surface area contributed by atoms with Crippen LogP contribution in [-0.2, 0) is 13.0 Å². The molecule has 4 aromatic rings. The van der Waals surface area contributed by atoms with Crippen molar-refractivity contribution in [3.8, 4) is 0 Å². The van der Waals surface area contributed by atoms with Crippen LogP contribution in [0.5, 0.6) is 0 Å². The number of nitrogens with zero attached hydrogens (tertiary/aromatic N) is 3. The molecule has 5 heteroatoms. The molecule has 32 heavy (non-hydrogen) atoms. The Bertz CT molecular complexity index is 1300. The first-order chi connectivity index (χ1) is 15.7. The number of likely N-dealkylation sites (tertiary alicyclic amines) is 1. The molecule has 1 aromatic heterocycles. The maximum absolute atomic E-state index is 13.7. The number of carbonyl (C=O) groups excluding carboxylic acids is 1. The normalized spacial score (nSPS) is 15.9. The van der Waals surface area contributed by atoms with E-state index in [1.54, 1.807) is 6.07 Å². The molecular weight excluding hydrogens is 398 g/mol. The minimum atomic E-state index is -0.178. The first kappa shape index (κ1) is 20.2. The smallest absolute Gasteiger partial charge is 0.275 e. The molecule has 160 valence electrons. The fourth-order valence-corrected chi connectivity index (χ4v) is 4.59. The van der Waals surface area contributed by atoms with Gasteiger partial charge in [-0.05, 0) is 36.5 Å². The summed E-state index contributed by atoms with van der Waals surface area (Å²) in [6, 6.07) is 27.4. The Morgan fingerprint density at radius 1 is 0.844 bits per heavy atom. The van der Waals surface area contributed by atoms with Gasteiger partial charge in [0.1, 0.15) is 0 Å². The van der Waals surface area contributed by atoms with E-state index < -0.39 is 0 Å². The first-order valence-corrected chi connectivity index (χ1v) is 11.1. The fourth-order valence-electron chi connectivity index (χ4n) is 4.59. The van der Waals surface area contributed by atoms with Crippen LogP contribution in [-0.4, -0.2) is 33.2 Å². The Kier molecular flexibility index (Phi) is 5.55. The molecule has 0 bridgehead atoms. The average molecular weight is 424 g/mol. The molecule has 0 N–H and O–H groups in total. The van der Waals surface area contributed by atoms with Crippen LogP contribution in [0.4, 0.5) is 0 Å². The summed E-state index contributed by atoms with van der Waals surface area (Å²) in [5, 5.41) is 5.75. The Labute approximate surface area is 186 Å². The minimum Gasteiger partial charge on any atom is -0.334 e. The van der Waals surface area contributed by atoms with Crippen molar-refractivity contribution < 1.29 is 4.79 Å². The highest BCUT2D eigenvalue weighted by Gasteiger charge is 2.31. The van der Waals surface area contributed by atoms with E-state index in [1.807, 2.05) is 71.6 Å². The summed E-state index contributed by atoms with van der Waals surface area (Å²) in [6.07, 6.45) is 2.78. The van der Waals surface area contributed by atoms with Gasteiger partial charge < -0.3 is 4.90 Å². The summed E-state index contributed by atoms with van der Waals surface area (Å²) in [5.41, 5.74) is 2.38. The van der Waals surface area contributed by atoms with Crippen molar-refractivity contribution in [2.45, 2.75) is 31.8 Å². The molecule has 1 fully saturated rings. The van der Waals surface area contributed by atoms with Crippen molar-refractivity contribution in [1.29, 1.82) is 0 Å². The maximum Gasteiger partial charge on any atom is 0.275 e. The SMILES string of the molecule is O=C(c1nn(Cc2ccccc2)c(=O)c2ccccc12)N1CCCC1Cc1ccccc1. The number of hydrogen-bond donors (Lipinski definition) is 0. The van der Waals surface area contributed by atoms with Crippen LogP contribution in [0.3, 0.4) is 0 Å². The summed E-state index contributed by atoms with van der Waals surface area (Å²) >= 11 is 0. The molecule has 1 aliphatic heterocycles. The highest BCUT2D eigenvalue weighted by atomic mass is 16.2. The molecule has 1 saturated heterocycles. The lowest BCUT2D eigenvalue weighted by molar-refractivity contribution is 0.0730. The molecule has 0 saturated carbocycles. The second-order valence-electron chi connectivity index (χ2n) is 8.33. The Morgan fingerprint density at radius 3 is 2.19 bits per heavy atom. The Hall–Kier alpha value is -3.73. The van der Waals surface area contributed by atoms with Crippen molar-refractivity contribution in [2.24, 2.45) is 0 Å². The van der Waals surface area contributed by atoms with Crippen LogP contribution in [0.2, 0.25) is 0 Å². The molecule has 1 amide bonds. The van der Waals surface area contributed by atoms with Crippen molar-refractivity contribution >= 4 is 16.7 Å². The standard InChI is InChI=1S/C27H25N3O2/c31-26-24-16-8-7-15-23(24)25(28-30(26)19-21-12-5-2-6-13-21)27(32)29-17-9-14-22(29)18-20-10-3-1-4-11-20/h1-8,10-13,15-16,22H,9,14,17-19H2.